The van der Waals surface area contributed by atoms with E-state index in [-0.39, 0.29) is 12.5 Å². The van der Waals surface area contributed by atoms with Crippen molar-refractivity contribution in [3.8, 4) is 0 Å². The van der Waals surface area contributed by atoms with E-state index in [1.54, 1.807) is 0 Å². The molecule has 1 heterocycles. The fourth-order valence-electron chi connectivity index (χ4n) is 0.963. The Morgan fingerprint density at radius 1 is 1.64 bits per heavy atom. The Morgan fingerprint density at radius 2 is 2.18 bits per heavy atom. The quantitative estimate of drug-likeness (QED) is 0.548. The molecule has 1 aliphatic rings. The van der Waals surface area contributed by atoms with Gasteiger partial charge in [0.05, 0.1) is 0 Å². The highest BCUT2D eigenvalue weighted by Crippen LogP contribution is 2.16. The molecule has 2 N–H and O–H groups in total. The van der Waals surface area contributed by atoms with Gasteiger partial charge in [-0.05, 0) is 0 Å². The van der Waals surface area contributed by atoms with Gasteiger partial charge in [0.25, 0.3) is 10.2 Å². The molecular weight excluding hydrogens is 168 g/mol. The summed E-state index contributed by atoms with van der Waals surface area (Å²) >= 11 is 0. The minimum atomic E-state index is -3.23. The zero-order chi connectivity index (χ0) is 8.48. The van der Waals surface area contributed by atoms with Crippen molar-refractivity contribution in [3.05, 3.63) is 0 Å². The molecule has 0 bridgehead atoms. The van der Waals surface area contributed by atoms with Gasteiger partial charge in [0.15, 0.2) is 0 Å². The lowest BCUT2D eigenvalue weighted by Gasteiger charge is -2.36. The summed E-state index contributed by atoms with van der Waals surface area (Å²) in [5.74, 6) is 0.123. The fraction of sp³-hybridized carbons (Fsp3) is 1.00. The summed E-state index contributed by atoms with van der Waals surface area (Å²) in [6.45, 7) is 0.926. The summed E-state index contributed by atoms with van der Waals surface area (Å²) < 4.78 is 25.5. The second kappa shape index (κ2) is 3.06. The molecule has 1 aliphatic heterocycles. The summed E-state index contributed by atoms with van der Waals surface area (Å²) in [5, 5.41) is 8.60. The van der Waals surface area contributed by atoms with Crippen molar-refractivity contribution in [2.24, 2.45) is 5.92 Å². The van der Waals surface area contributed by atoms with Crippen LogP contribution in [0.15, 0.2) is 0 Å². The van der Waals surface area contributed by atoms with E-state index in [4.69, 9.17) is 5.11 Å². The topological polar surface area (TPSA) is 69.6 Å². The molecule has 6 heteroatoms. The monoisotopic (exact) mass is 180 g/mol. The van der Waals surface area contributed by atoms with Crippen LogP contribution in [0.3, 0.4) is 0 Å². The molecule has 0 unspecified atom stereocenters. The maximum Gasteiger partial charge on any atom is 0.279 e. The van der Waals surface area contributed by atoms with E-state index >= 15 is 0 Å². The molecule has 1 fully saturated rings. The third-order valence-corrected chi connectivity index (χ3v) is 3.27. The Hall–Kier alpha value is -0.170. The summed E-state index contributed by atoms with van der Waals surface area (Å²) in [5.41, 5.74) is 0. The first-order valence-electron chi connectivity index (χ1n) is 3.39. The average Bonchev–Trinajstić information content (AvgIpc) is 1.85. The first-order chi connectivity index (χ1) is 5.10. The smallest absolute Gasteiger partial charge is 0.279 e. The predicted molar refractivity (Wildman–Crippen MR) is 40.1 cm³/mol. The maximum atomic E-state index is 11.0. The molecule has 1 saturated heterocycles. The Bertz CT molecular complexity index is 220. The largest absolute Gasteiger partial charge is 0.396 e. The number of nitrogens with one attached hydrogen (secondary N) is 1. The highest BCUT2D eigenvalue weighted by molar-refractivity contribution is 7.87. The second-order valence-corrected chi connectivity index (χ2v) is 4.45. The summed E-state index contributed by atoms with van der Waals surface area (Å²) in [7, 11) is -1.86. The molecule has 0 aromatic heterocycles. The molecule has 0 amide bonds. The van der Waals surface area contributed by atoms with Crippen LogP contribution in [-0.2, 0) is 10.2 Å². The van der Waals surface area contributed by atoms with Crippen LogP contribution >= 0.6 is 0 Å². The number of hydrogen-bond acceptors (Lipinski definition) is 3. The molecule has 0 aromatic carbocycles. The van der Waals surface area contributed by atoms with Gasteiger partial charge in [-0.25, -0.2) is 4.72 Å². The molecule has 0 spiro atoms. The SMILES string of the molecule is CNS(=O)(=O)N1CC(CO)C1. The number of aliphatic hydroxyl groups is 1. The molecule has 0 radical (unpaired) electrons. The van der Waals surface area contributed by atoms with Gasteiger partial charge in [-0.2, -0.15) is 12.7 Å². The zero-order valence-corrected chi connectivity index (χ0v) is 7.13. The lowest BCUT2D eigenvalue weighted by Crippen LogP contribution is -2.54. The fourth-order valence-corrected chi connectivity index (χ4v) is 2.04. The van der Waals surface area contributed by atoms with Gasteiger partial charge >= 0.3 is 0 Å². The Morgan fingerprint density at radius 3 is 2.55 bits per heavy atom. The van der Waals surface area contributed by atoms with Gasteiger partial charge in [-0.1, -0.05) is 0 Å². The van der Waals surface area contributed by atoms with Gasteiger partial charge in [-0.3, -0.25) is 0 Å². The van der Waals surface area contributed by atoms with Gasteiger partial charge in [0.2, 0.25) is 0 Å². The third kappa shape index (κ3) is 1.70. The van der Waals surface area contributed by atoms with E-state index in [1.807, 2.05) is 0 Å². The Balaban J connectivity index is 2.44. The Kier molecular flexibility index (Phi) is 2.48. The minimum absolute atomic E-state index is 0.0652. The normalized spacial score (nSPS) is 21.6. The van der Waals surface area contributed by atoms with Gasteiger partial charge < -0.3 is 5.11 Å². The number of rotatable bonds is 3. The van der Waals surface area contributed by atoms with Gasteiger partial charge in [0.1, 0.15) is 0 Å². The van der Waals surface area contributed by atoms with E-state index in [0.29, 0.717) is 13.1 Å². The van der Waals surface area contributed by atoms with Crippen LogP contribution in [0.1, 0.15) is 0 Å². The van der Waals surface area contributed by atoms with Crippen LogP contribution in [-0.4, -0.2) is 44.6 Å². The van der Waals surface area contributed by atoms with Crippen molar-refractivity contribution in [2.75, 3.05) is 26.7 Å². The van der Waals surface area contributed by atoms with Crippen LogP contribution in [0.25, 0.3) is 0 Å². The molecule has 5 nitrogen and oxygen atoms in total. The van der Waals surface area contributed by atoms with Crippen LogP contribution in [0.2, 0.25) is 0 Å². The van der Waals surface area contributed by atoms with Crippen LogP contribution in [0, 0.1) is 5.92 Å². The van der Waals surface area contributed by atoms with Gasteiger partial charge in [-0.15, -0.1) is 0 Å². The van der Waals surface area contributed by atoms with Crippen LogP contribution < -0.4 is 4.72 Å². The molecule has 0 atom stereocenters. The minimum Gasteiger partial charge on any atom is -0.396 e. The maximum absolute atomic E-state index is 11.0. The molecule has 11 heavy (non-hydrogen) atoms. The highest BCUT2D eigenvalue weighted by atomic mass is 32.2. The molecule has 1 rings (SSSR count). The van der Waals surface area contributed by atoms with Crippen LogP contribution in [0.5, 0.6) is 0 Å². The van der Waals surface area contributed by atoms with E-state index in [0.717, 1.165) is 0 Å². The zero-order valence-electron chi connectivity index (χ0n) is 6.32. The number of hydrogen-bond donors (Lipinski definition) is 2. The van der Waals surface area contributed by atoms with E-state index in [2.05, 4.69) is 4.72 Å². The van der Waals surface area contributed by atoms with Crippen molar-refractivity contribution in [2.45, 2.75) is 0 Å². The van der Waals surface area contributed by atoms with Crippen molar-refractivity contribution in [1.82, 2.24) is 9.03 Å². The first-order valence-corrected chi connectivity index (χ1v) is 4.83. The number of aliphatic hydroxyl groups excluding tert-OH is 1. The Labute approximate surface area is 66.2 Å². The molecule has 66 valence electrons. The summed E-state index contributed by atoms with van der Waals surface area (Å²) in [4.78, 5) is 0. The lowest BCUT2D eigenvalue weighted by molar-refractivity contribution is 0.116. The number of nitrogens with zero attached hydrogens (tertiary/aromatic N) is 1. The van der Waals surface area contributed by atoms with Crippen LogP contribution in [0.4, 0.5) is 0 Å². The van der Waals surface area contributed by atoms with E-state index in [9.17, 15) is 8.42 Å². The molecule has 0 aromatic rings. The van der Waals surface area contributed by atoms with Crippen molar-refractivity contribution < 1.29 is 13.5 Å². The van der Waals surface area contributed by atoms with E-state index in [1.165, 1.54) is 11.4 Å². The highest BCUT2D eigenvalue weighted by Gasteiger charge is 2.34. The summed E-state index contributed by atoms with van der Waals surface area (Å²) in [6, 6.07) is 0. The van der Waals surface area contributed by atoms with E-state index < -0.39 is 10.2 Å². The van der Waals surface area contributed by atoms with Crippen molar-refractivity contribution in [3.63, 3.8) is 0 Å². The third-order valence-electron chi connectivity index (χ3n) is 1.78. The summed E-state index contributed by atoms with van der Waals surface area (Å²) in [6.07, 6.45) is 0. The molecule has 0 aliphatic carbocycles. The molecular formula is C5H12N2O3S. The first kappa shape index (κ1) is 8.92. The van der Waals surface area contributed by atoms with Gasteiger partial charge in [0, 0.05) is 32.7 Å². The lowest BCUT2D eigenvalue weighted by atomic mass is 10.1. The van der Waals surface area contributed by atoms with Crippen molar-refractivity contribution in [1.29, 1.82) is 0 Å². The average molecular weight is 180 g/mol. The predicted octanol–water partition coefficient (Wildman–Crippen LogP) is -1.63. The second-order valence-electron chi connectivity index (χ2n) is 2.57. The van der Waals surface area contributed by atoms with Crippen molar-refractivity contribution >= 4 is 10.2 Å². The standard InChI is InChI=1S/C5H12N2O3S/c1-6-11(9,10)7-2-5(3-7)4-8/h5-6,8H,2-4H2,1H3. The molecule has 0 saturated carbocycles.